The van der Waals surface area contributed by atoms with E-state index in [2.05, 4.69) is 0 Å². The topological polar surface area (TPSA) is 35.2 Å². The van der Waals surface area contributed by atoms with Crippen LogP contribution in [0.15, 0.2) is 0 Å². The molecule has 14 heavy (non-hydrogen) atoms. The minimum Gasteiger partial charge on any atom is -0.376 e. The molecule has 0 radical (unpaired) electrons. The summed E-state index contributed by atoms with van der Waals surface area (Å²) in [5.41, 5.74) is 5.51. The first-order valence-electron chi connectivity index (χ1n) is 6.18. The van der Waals surface area contributed by atoms with Gasteiger partial charge >= 0.3 is 0 Å². The van der Waals surface area contributed by atoms with Crippen molar-refractivity contribution in [2.75, 3.05) is 13.2 Å². The van der Waals surface area contributed by atoms with Gasteiger partial charge in [0.2, 0.25) is 0 Å². The van der Waals surface area contributed by atoms with Crippen molar-refractivity contribution in [1.82, 2.24) is 0 Å². The highest BCUT2D eigenvalue weighted by Gasteiger charge is 2.48. The minimum atomic E-state index is 0.575. The third-order valence-corrected chi connectivity index (χ3v) is 4.57. The van der Waals surface area contributed by atoms with E-state index in [-0.39, 0.29) is 0 Å². The fourth-order valence-corrected chi connectivity index (χ4v) is 4.35. The monoisotopic (exact) mass is 195 g/mol. The number of ether oxygens (including phenoxy) is 1. The van der Waals surface area contributed by atoms with Crippen LogP contribution in [0.1, 0.15) is 32.1 Å². The summed E-state index contributed by atoms with van der Waals surface area (Å²) in [7, 11) is 0. The largest absolute Gasteiger partial charge is 0.376 e. The van der Waals surface area contributed by atoms with Crippen molar-refractivity contribution in [1.29, 1.82) is 0 Å². The minimum absolute atomic E-state index is 0.575. The molecule has 4 rings (SSSR count). The Morgan fingerprint density at radius 1 is 0.929 bits per heavy atom. The Labute approximate surface area is 86.2 Å². The van der Waals surface area contributed by atoms with Crippen LogP contribution in [0, 0.1) is 23.7 Å². The van der Waals surface area contributed by atoms with Crippen LogP contribution in [0.25, 0.3) is 0 Å². The molecule has 0 atom stereocenters. The first-order valence-corrected chi connectivity index (χ1v) is 6.18. The molecule has 0 aromatic rings. The molecule has 0 amide bonds. The van der Waals surface area contributed by atoms with Crippen LogP contribution in [-0.4, -0.2) is 19.3 Å². The van der Waals surface area contributed by atoms with Gasteiger partial charge in [-0.3, -0.25) is 0 Å². The molecule has 0 aromatic heterocycles. The molecule has 2 N–H and O–H groups in total. The van der Waals surface area contributed by atoms with Gasteiger partial charge in [0.05, 0.1) is 12.7 Å². The van der Waals surface area contributed by atoms with Crippen molar-refractivity contribution >= 4 is 0 Å². The zero-order chi connectivity index (χ0) is 9.54. The molecule has 0 spiro atoms. The van der Waals surface area contributed by atoms with Crippen LogP contribution in [0.4, 0.5) is 0 Å². The molecular weight excluding hydrogens is 174 g/mol. The lowest BCUT2D eigenvalue weighted by atomic mass is 9.55. The summed E-state index contributed by atoms with van der Waals surface area (Å²) in [6.45, 7) is 1.45. The molecule has 2 heteroatoms. The van der Waals surface area contributed by atoms with Crippen LogP contribution in [0.2, 0.25) is 0 Å². The van der Waals surface area contributed by atoms with Crippen LogP contribution >= 0.6 is 0 Å². The lowest BCUT2D eigenvalue weighted by Gasteiger charge is -2.54. The van der Waals surface area contributed by atoms with Gasteiger partial charge in [-0.25, -0.2) is 0 Å². The normalized spacial score (nSPS) is 49.9. The number of hydrogen-bond acceptors (Lipinski definition) is 2. The lowest BCUT2D eigenvalue weighted by molar-refractivity contribution is -0.124. The number of rotatable bonds is 3. The zero-order valence-corrected chi connectivity index (χ0v) is 8.82. The van der Waals surface area contributed by atoms with Gasteiger partial charge < -0.3 is 10.5 Å². The maximum atomic E-state index is 5.94. The van der Waals surface area contributed by atoms with E-state index in [0.717, 1.165) is 30.3 Å². The molecule has 0 saturated heterocycles. The van der Waals surface area contributed by atoms with Crippen molar-refractivity contribution in [3.63, 3.8) is 0 Å². The Balaban J connectivity index is 1.69. The average molecular weight is 195 g/mol. The Morgan fingerprint density at radius 2 is 1.50 bits per heavy atom. The third kappa shape index (κ3) is 1.40. The van der Waals surface area contributed by atoms with Crippen LogP contribution in [-0.2, 0) is 4.74 Å². The van der Waals surface area contributed by atoms with Gasteiger partial charge in [0.15, 0.2) is 0 Å². The Hall–Kier alpha value is -0.0800. The van der Waals surface area contributed by atoms with E-state index >= 15 is 0 Å². The molecule has 4 aliphatic rings. The third-order valence-electron chi connectivity index (χ3n) is 4.57. The molecule has 4 bridgehead atoms. The predicted molar refractivity (Wildman–Crippen MR) is 55.8 cm³/mol. The molecule has 4 saturated carbocycles. The van der Waals surface area contributed by atoms with Gasteiger partial charge in [-0.1, -0.05) is 0 Å². The Bertz CT molecular complexity index is 188. The first-order chi connectivity index (χ1) is 6.86. The van der Waals surface area contributed by atoms with Crippen molar-refractivity contribution < 1.29 is 4.74 Å². The van der Waals surface area contributed by atoms with Crippen molar-refractivity contribution in [2.45, 2.75) is 38.2 Å². The highest BCUT2D eigenvalue weighted by atomic mass is 16.5. The smallest absolute Gasteiger partial charge is 0.0632 e. The van der Waals surface area contributed by atoms with E-state index in [1.807, 2.05) is 0 Å². The molecule has 0 aromatic carbocycles. The van der Waals surface area contributed by atoms with E-state index in [1.54, 1.807) is 0 Å². The quantitative estimate of drug-likeness (QED) is 0.745. The summed E-state index contributed by atoms with van der Waals surface area (Å²) in [4.78, 5) is 0. The van der Waals surface area contributed by atoms with Crippen LogP contribution in [0.3, 0.4) is 0 Å². The van der Waals surface area contributed by atoms with E-state index in [9.17, 15) is 0 Å². The standard InChI is InChI=1S/C12H21NO/c13-1-2-14-12-10-4-8-3-9(6-10)7-11(12)5-8/h8-12H,1-7,13H2. The van der Waals surface area contributed by atoms with Crippen molar-refractivity contribution in [2.24, 2.45) is 29.4 Å². The number of nitrogens with two attached hydrogens (primary N) is 1. The molecule has 2 nitrogen and oxygen atoms in total. The summed E-state index contributed by atoms with van der Waals surface area (Å²) in [5.74, 6) is 3.88. The highest BCUT2D eigenvalue weighted by molar-refractivity contribution is 4.98. The second kappa shape index (κ2) is 3.49. The summed E-state index contributed by atoms with van der Waals surface area (Å²) >= 11 is 0. The zero-order valence-electron chi connectivity index (χ0n) is 8.82. The maximum absolute atomic E-state index is 5.94. The molecule has 0 unspecified atom stereocenters. The van der Waals surface area contributed by atoms with Crippen molar-refractivity contribution in [3.8, 4) is 0 Å². The second-order valence-electron chi connectivity index (χ2n) is 5.55. The fourth-order valence-electron chi connectivity index (χ4n) is 4.35. The van der Waals surface area contributed by atoms with E-state index in [0.29, 0.717) is 12.6 Å². The van der Waals surface area contributed by atoms with Gasteiger partial charge in [-0.15, -0.1) is 0 Å². The molecule has 4 aliphatic carbocycles. The first kappa shape index (κ1) is 9.17. The Morgan fingerprint density at radius 3 is 2.00 bits per heavy atom. The summed E-state index contributed by atoms with van der Waals surface area (Å²) in [6.07, 6.45) is 7.89. The summed E-state index contributed by atoms with van der Waals surface area (Å²) in [5, 5.41) is 0. The molecule has 0 aliphatic heterocycles. The fraction of sp³-hybridized carbons (Fsp3) is 1.00. The second-order valence-corrected chi connectivity index (χ2v) is 5.55. The van der Waals surface area contributed by atoms with Gasteiger partial charge in [0.25, 0.3) is 0 Å². The SMILES string of the molecule is NCCOC1C2CC3CC(C2)CC1C3. The van der Waals surface area contributed by atoms with Crippen molar-refractivity contribution in [3.05, 3.63) is 0 Å². The average Bonchev–Trinajstić information content (AvgIpc) is 2.15. The van der Waals surface area contributed by atoms with Gasteiger partial charge in [0, 0.05) is 6.54 Å². The lowest BCUT2D eigenvalue weighted by Crippen LogP contribution is -2.49. The molecule has 0 heterocycles. The highest BCUT2D eigenvalue weighted by Crippen LogP contribution is 2.54. The summed E-state index contributed by atoms with van der Waals surface area (Å²) < 4.78 is 5.94. The van der Waals surface area contributed by atoms with Gasteiger partial charge in [-0.05, 0) is 55.8 Å². The van der Waals surface area contributed by atoms with Crippen LogP contribution in [0.5, 0.6) is 0 Å². The van der Waals surface area contributed by atoms with Crippen LogP contribution < -0.4 is 5.73 Å². The summed E-state index contributed by atoms with van der Waals surface area (Å²) in [6, 6.07) is 0. The van der Waals surface area contributed by atoms with E-state index < -0.39 is 0 Å². The maximum Gasteiger partial charge on any atom is 0.0632 e. The predicted octanol–water partition coefficient (Wildman–Crippen LogP) is 1.79. The van der Waals surface area contributed by atoms with E-state index in [4.69, 9.17) is 10.5 Å². The number of hydrogen-bond donors (Lipinski definition) is 1. The molecule has 4 fully saturated rings. The Kier molecular flexibility index (Phi) is 2.29. The molecule has 80 valence electrons. The molecular formula is C12H21NO. The van der Waals surface area contributed by atoms with Gasteiger partial charge in [0.1, 0.15) is 0 Å². The van der Waals surface area contributed by atoms with Gasteiger partial charge in [-0.2, -0.15) is 0 Å². The van der Waals surface area contributed by atoms with E-state index in [1.165, 1.54) is 32.1 Å².